The fraction of sp³-hybridized carbons (Fsp3) is 0.231. The van der Waals surface area contributed by atoms with Crippen LogP contribution in [0, 0.1) is 12.7 Å². The summed E-state index contributed by atoms with van der Waals surface area (Å²) in [4.78, 5) is 8.29. The molecule has 0 spiro atoms. The second kappa shape index (κ2) is 5.72. The van der Waals surface area contributed by atoms with Gasteiger partial charge in [-0.3, -0.25) is 0 Å². The molecule has 1 heterocycles. The first-order chi connectivity index (χ1) is 9.01. The highest BCUT2D eigenvalue weighted by molar-refractivity contribution is 6.35. The largest absolute Gasteiger partial charge is 0.368 e. The summed E-state index contributed by atoms with van der Waals surface area (Å²) in [5, 5.41) is 3.83. The molecule has 1 N–H and O–H groups in total. The summed E-state index contributed by atoms with van der Waals surface area (Å²) in [6.07, 6.45) is 0. The molecule has 100 valence electrons. The molecule has 0 saturated carbocycles. The van der Waals surface area contributed by atoms with E-state index in [2.05, 4.69) is 15.3 Å². The van der Waals surface area contributed by atoms with Gasteiger partial charge in [0.25, 0.3) is 0 Å². The van der Waals surface area contributed by atoms with Crippen molar-refractivity contribution >= 4 is 29.0 Å². The molecule has 6 heteroatoms. The lowest BCUT2D eigenvalue weighted by atomic mass is 10.2. The van der Waals surface area contributed by atoms with Crippen molar-refractivity contribution in [2.24, 2.45) is 0 Å². The smallest absolute Gasteiger partial charge is 0.186 e. The average molecular weight is 300 g/mol. The highest BCUT2D eigenvalue weighted by Gasteiger charge is 2.12. The fourth-order valence-electron chi connectivity index (χ4n) is 1.66. The molecule has 0 aliphatic rings. The van der Waals surface area contributed by atoms with Crippen LogP contribution in [0.15, 0.2) is 18.2 Å². The fourth-order valence-corrected chi connectivity index (χ4v) is 2.18. The van der Waals surface area contributed by atoms with Crippen molar-refractivity contribution < 1.29 is 4.39 Å². The first-order valence-corrected chi connectivity index (χ1v) is 6.51. The summed E-state index contributed by atoms with van der Waals surface area (Å²) in [6, 6.07) is 5.00. The molecule has 0 aliphatic carbocycles. The summed E-state index contributed by atoms with van der Waals surface area (Å²) in [5.74, 6) is 0.124. The maximum Gasteiger partial charge on any atom is 0.186 e. The lowest BCUT2D eigenvalue weighted by Gasteiger charge is -2.09. The zero-order chi connectivity index (χ0) is 14.0. The van der Waals surface area contributed by atoms with Gasteiger partial charge in [0.05, 0.1) is 5.69 Å². The number of anilines is 1. The molecule has 0 aliphatic heterocycles. The highest BCUT2D eigenvalue weighted by Crippen LogP contribution is 2.27. The molecule has 0 unspecified atom stereocenters. The Balaban J connectivity index is 2.55. The molecule has 1 aromatic carbocycles. The number of aryl methyl sites for hydroxylation is 1. The van der Waals surface area contributed by atoms with Crippen molar-refractivity contribution in [2.45, 2.75) is 13.8 Å². The van der Waals surface area contributed by atoms with Crippen LogP contribution in [0.3, 0.4) is 0 Å². The normalized spacial score (nSPS) is 10.6. The highest BCUT2D eigenvalue weighted by atomic mass is 35.5. The van der Waals surface area contributed by atoms with Crippen molar-refractivity contribution in [3.05, 3.63) is 39.8 Å². The maximum absolute atomic E-state index is 13.8. The van der Waals surface area contributed by atoms with Gasteiger partial charge in [0, 0.05) is 22.2 Å². The van der Waals surface area contributed by atoms with Crippen LogP contribution in [-0.4, -0.2) is 16.5 Å². The number of hydrogen-bond acceptors (Lipinski definition) is 3. The number of aromatic nitrogens is 2. The minimum Gasteiger partial charge on any atom is -0.368 e. The number of nitrogens with one attached hydrogen (secondary N) is 1. The van der Waals surface area contributed by atoms with E-state index in [1.807, 2.05) is 6.92 Å². The minimum atomic E-state index is -0.446. The van der Waals surface area contributed by atoms with Crippen LogP contribution in [-0.2, 0) is 0 Å². The first-order valence-electron chi connectivity index (χ1n) is 5.75. The third-order valence-corrected chi connectivity index (χ3v) is 2.92. The van der Waals surface area contributed by atoms with E-state index in [9.17, 15) is 4.39 Å². The van der Waals surface area contributed by atoms with E-state index >= 15 is 0 Å². The van der Waals surface area contributed by atoms with Gasteiger partial charge < -0.3 is 5.32 Å². The second-order valence-corrected chi connectivity index (χ2v) is 4.86. The van der Waals surface area contributed by atoms with Gasteiger partial charge in [0.1, 0.15) is 0 Å². The van der Waals surface area contributed by atoms with E-state index in [0.717, 1.165) is 0 Å². The molecule has 0 radical (unpaired) electrons. The lowest BCUT2D eigenvalue weighted by Crippen LogP contribution is -2.06. The molecule has 2 rings (SSSR count). The monoisotopic (exact) mass is 299 g/mol. The third kappa shape index (κ3) is 3.14. The number of rotatable bonds is 3. The number of halogens is 3. The van der Waals surface area contributed by atoms with E-state index < -0.39 is 5.82 Å². The van der Waals surface area contributed by atoms with E-state index in [4.69, 9.17) is 23.2 Å². The van der Waals surface area contributed by atoms with Crippen molar-refractivity contribution in [3.63, 3.8) is 0 Å². The molecule has 0 saturated heterocycles. The van der Waals surface area contributed by atoms with Crippen molar-refractivity contribution in [1.29, 1.82) is 0 Å². The Morgan fingerprint density at radius 1 is 1.16 bits per heavy atom. The Hall–Kier alpha value is -1.39. The van der Waals surface area contributed by atoms with Crippen LogP contribution in [0.5, 0.6) is 0 Å². The summed E-state index contributed by atoms with van der Waals surface area (Å²) < 4.78 is 13.8. The Bertz CT molecular complexity index is 597. The zero-order valence-electron chi connectivity index (χ0n) is 10.5. The Morgan fingerprint density at radius 3 is 2.37 bits per heavy atom. The van der Waals surface area contributed by atoms with E-state index in [-0.39, 0.29) is 11.5 Å². The van der Waals surface area contributed by atoms with E-state index in [1.54, 1.807) is 25.1 Å². The molecule has 1 aromatic heterocycles. The average Bonchev–Trinajstić information content (AvgIpc) is 2.33. The number of hydrogen-bond donors (Lipinski definition) is 1. The summed E-state index contributed by atoms with van der Waals surface area (Å²) in [5.41, 5.74) is 0.928. The van der Waals surface area contributed by atoms with Gasteiger partial charge in [-0.15, -0.1) is 0 Å². The topological polar surface area (TPSA) is 37.8 Å². The SMILES string of the molecule is CCNc1nc(-c2cc(Cl)cc(Cl)c2)nc(C)c1F. The summed E-state index contributed by atoms with van der Waals surface area (Å²) in [6.45, 7) is 4.03. The number of nitrogens with zero attached hydrogens (tertiary/aromatic N) is 2. The molecule has 0 atom stereocenters. The van der Waals surface area contributed by atoms with Crippen LogP contribution in [0.4, 0.5) is 10.2 Å². The van der Waals surface area contributed by atoms with Crippen molar-refractivity contribution in [3.8, 4) is 11.4 Å². The predicted octanol–water partition coefficient (Wildman–Crippen LogP) is 4.33. The Morgan fingerprint density at radius 2 is 1.79 bits per heavy atom. The lowest BCUT2D eigenvalue weighted by molar-refractivity contribution is 0.606. The van der Waals surface area contributed by atoms with Crippen LogP contribution in [0.1, 0.15) is 12.6 Å². The molecule has 19 heavy (non-hydrogen) atoms. The van der Waals surface area contributed by atoms with Gasteiger partial charge in [-0.1, -0.05) is 23.2 Å². The molecule has 0 amide bonds. The van der Waals surface area contributed by atoms with Crippen LogP contribution < -0.4 is 5.32 Å². The Labute approximate surface area is 120 Å². The molecule has 2 aromatic rings. The van der Waals surface area contributed by atoms with Gasteiger partial charge in [0.15, 0.2) is 17.5 Å². The molecule has 0 fully saturated rings. The quantitative estimate of drug-likeness (QED) is 0.916. The van der Waals surface area contributed by atoms with Gasteiger partial charge in [-0.05, 0) is 32.0 Å². The van der Waals surface area contributed by atoms with Gasteiger partial charge in [-0.25, -0.2) is 14.4 Å². The second-order valence-electron chi connectivity index (χ2n) is 3.98. The molecule has 0 bridgehead atoms. The molecular formula is C13H12Cl2FN3. The van der Waals surface area contributed by atoms with Crippen molar-refractivity contribution in [1.82, 2.24) is 9.97 Å². The predicted molar refractivity (Wildman–Crippen MR) is 76.3 cm³/mol. The van der Waals surface area contributed by atoms with Crippen LogP contribution in [0.2, 0.25) is 10.0 Å². The Kier molecular flexibility index (Phi) is 4.22. The van der Waals surface area contributed by atoms with E-state index in [1.165, 1.54) is 0 Å². The van der Waals surface area contributed by atoms with Gasteiger partial charge >= 0.3 is 0 Å². The van der Waals surface area contributed by atoms with Crippen LogP contribution >= 0.6 is 23.2 Å². The molecular weight excluding hydrogens is 288 g/mol. The third-order valence-electron chi connectivity index (χ3n) is 2.48. The van der Waals surface area contributed by atoms with Gasteiger partial charge in [0.2, 0.25) is 0 Å². The minimum absolute atomic E-state index is 0.182. The van der Waals surface area contributed by atoms with Crippen molar-refractivity contribution in [2.75, 3.05) is 11.9 Å². The summed E-state index contributed by atoms with van der Waals surface area (Å²) in [7, 11) is 0. The van der Waals surface area contributed by atoms with Crippen LogP contribution in [0.25, 0.3) is 11.4 Å². The van der Waals surface area contributed by atoms with E-state index in [0.29, 0.717) is 28.0 Å². The summed E-state index contributed by atoms with van der Waals surface area (Å²) >= 11 is 11.9. The number of benzene rings is 1. The molecule has 3 nitrogen and oxygen atoms in total. The standard InChI is InChI=1S/C13H12Cl2FN3/c1-3-17-13-11(16)7(2)18-12(19-13)8-4-9(14)6-10(15)5-8/h4-6H,3H2,1-2H3,(H,17,18,19). The maximum atomic E-state index is 13.8. The van der Waals surface area contributed by atoms with Gasteiger partial charge in [-0.2, -0.15) is 0 Å². The zero-order valence-corrected chi connectivity index (χ0v) is 12.0. The first kappa shape index (κ1) is 14.0.